The van der Waals surface area contributed by atoms with Gasteiger partial charge in [0.05, 0.1) is 0 Å². The van der Waals surface area contributed by atoms with Crippen molar-refractivity contribution in [1.29, 1.82) is 0 Å². The molecule has 1 atom stereocenters. The predicted octanol–water partition coefficient (Wildman–Crippen LogP) is 2.28. The van der Waals surface area contributed by atoms with E-state index in [9.17, 15) is 4.79 Å². The number of hydrogen-bond acceptors (Lipinski definition) is 2. The van der Waals surface area contributed by atoms with Gasteiger partial charge in [0.2, 0.25) is 5.91 Å². The van der Waals surface area contributed by atoms with Gasteiger partial charge in [-0.15, -0.1) is 0 Å². The zero-order chi connectivity index (χ0) is 12.5. The number of amides is 1. The third-order valence-electron chi connectivity index (χ3n) is 4.20. The highest BCUT2D eigenvalue weighted by Crippen LogP contribution is 2.29. The zero-order valence-electron chi connectivity index (χ0n) is 10.9. The molecule has 1 amide bonds. The number of carbonyl (C=O) groups is 1. The van der Waals surface area contributed by atoms with Crippen molar-refractivity contribution in [2.45, 2.75) is 31.7 Å². The average Bonchev–Trinajstić information content (AvgIpc) is 2.76. The first-order chi connectivity index (χ1) is 8.74. The third-order valence-corrected chi connectivity index (χ3v) is 4.20. The van der Waals surface area contributed by atoms with Gasteiger partial charge >= 0.3 is 0 Å². The summed E-state index contributed by atoms with van der Waals surface area (Å²) >= 11 is 0. The maximum Gasteiger partial charge on any atom is 0.245 e. The maximum atomic E-state index is 12.4. The Balaban J connectivity index is 1.61. The lowest BCUT2D eigenvalue weighted by atomic mass is 9.85. The molecule has 1 N–H and O–H groups in total. The van der Waals surface area contributed by atoms with E-state index in [1.165, 1.54) is 24.8 Å². The fourth-order valence-corrected chi connectivity index (χ4v) is 2.87. The number of likely N-dealkylation sites (N-methyl/N-ethyl adjacent to an activating group) is 1. The van der Waals surface area contributed by atoms with E-state index in [4.69, 9.17) is 0 Å². The number of nitrogens with zero attached hydrogens (tertiary/aromatic N) is 1. The van der Waals surface area contributed by atoms with Crippen LogP contribution in [0.3, 0.4) is 0 Å². The normalized spacial score (nSPS) is 21.9. The lowest BCUT2D eigenvalue weighted by Gasteiger charge is -2.31. The van der Waals surface area contributed by atoms with Gasteiger partial charge in [0.15, 0.2) is 0 Å². The summed E-state index contributed by atoms with van der Waals surface area (Å²) in [5.41, 5.74) is 2.38. The van der Waals surface area contributed by atoms with Gasteiger partial charge in [-0.1, -0.05) is 24.6 Å². The van der Waals surface area contributed by atoms with Crippen molar-refractivity contribution in [3.8, 4) is 0 Å². The number of benzene rings is 1. The molecule has 1 aliphatic carbocycles. The Kier molecular flexibility index (Phi) is 2.98. The van der Waals surface area contributed by atoms with Crippen LogP contribution in [0.5, 0.6) is 0 Å². The Bertz CT molecular complexity index is 429. The smallest absolute Gasteiger partial charge is 0.245 e. The second-order valence-electron chi connectivity index (χ2n) is 5.57. The molecule has 1 saturated carbocycles. The lowest BCUT2D eigenvalue weighted by molar-refractivity contribution is -0.131. The highest BCUT2D eigenvalue weighted by Gasteiger charge is 2.30. The minimum atomic E-state index is -0.0625. The molecule has 96 valence electrons. The van der Waals surface area contributed by atoms with Crippen LogP contribution >= 0.6 is 0 Å². The highest BCUT2D eigenvalue weighted by molar-refractivity contribution is 5.87. The Morgan fingerprint density at radius 2 is 2.17 bits per heavy atom. The summed E-state index contributed by atoms with van der Waals surface area (Å²) in [6, 6.07) is 8.13. The Morgan fingerprint density at radius 1 is 1.39 bits per heavy atom. The SMILES string of the molecule is CN(CC1CCC1)C(=O)C1Cc2ccccc2N1. The Morgan fingerprint density at radius 3 is 2.83 bits per heavy atom. The molecule has 1 unspecified atom stereocenters. The number of rotatable bonds is 3. The highest BCUT2D eigenvalue weighted by atomic mass is 16.2. The number of carbonyl (C=O) groups excluding carboxylic acids is 1. The summed E-state index contributed by atoms with van der Waals surface area (Å²) in [5, 5.41) is 3.33. The minimum absolute atomic E-state index is 0.0625. The zero-order valence-corrected chi connectivity index (χ0v) is 10.9. The van der Waals surface area contributed by atoms with Crippen molar-refractivity contribution in [2.24, 2.45) is 5.92 Å². The molecule has 3 nitrogen and oxygen atoms in total. The van der Waals surface area contributed by atoms with Gasteiger partial charge in [-0.05, 0) is 30.4 Å². The van der Waals surface area contributed by atoms with Crippen LogP contribution in [0.4, 0.5) is 5.69 Å². The molecule has 3 heteroatoms. The third kappa shape index (κ3) is 2.09. The largest absolute Gasteiger partial charge is 0.373 e. The number of nitrogens with one attached hydrogen (secondary N) is 1. The lowest BCUT2D eigenvalue weighted by Crippen LogP contribution is -2.42. The van der Waals surface area contributed by atoms with Crippen molar-refractivity contribution in [2.75, 3.05) is 18.9 Å². The molecule has 1 aliphatic heterocycles. The number of hydrogen-bond donors (Lipinski definition) is 1. The molecule has 0 spiro atoms. The van der Waals surface area contributed by atoms with E-state index < -0.39 is 0 Å². The first-order valence-corrected chi connectivity index (χ1v) is 6.83. The Labute approximate surface area is 108 Å². The monoisotopic (exact) mass is 244 g/mol. The molecule has 1 fully saturated rings. The van der Waals surface area contributed by atoms with E-state index in [1.54, 1.807) is 0 Å². The standard InChI is InChI=1S/C15H20N2O/c1-17(10-11-5-4-6-11)15(18)14-9-12-7-2-3-8-13(12)16-14/h2-3,7-8,11,14,16H,4-6,9-10H2,1H3. The molecule has 0 radical (unpaired) electrons. The fourth-order valence-electron chi connectivity index (χ4n) is 2.87. The summed E-state index contributed by atoms with van der Waals surface area (Å²) in [6.07, 6.45) is 4.73. The van der Waals surface area contributed by atoms with Crippen LogP contribution < -0.4 is 5.32 Å². The second kappa shape index (κ2) is 4.63. The molecule has 1 aromatic carbocycles. The summed E-state index contributed by atoms with van der Waals surface area (Å²) in [6.45, 7) is 0.924. The van der Waals surface area contributed by atoms with E-state index in [2.05, 4.69) is 17.4 Å². The van der Waals surface area contributed by atoms with Crippen LogP contribution in [0, 0.1) is 5.92 Å². The van der Waals surface area contributed by atoms with Gasteiger partial charge in [0, 0.05) is 25.7 Å². The quantitative estimate of drug-likeness (QED) is 0.884. The van der Waals surface area contributed by atoms with Gasteiger partial charge in [-0.2, -0.15) is 0 Å². The van der Waals surface area contributed by atoms with Gasteiger partial charge in [-0.25, -0.2) is 0 Å². The fraction of sp³-hybridized carbons (Fsp3) is 0.533. The van der Waals surface area contributed by atoms with Crippen molar-refractivity contribution >= 4 is 11.6 Å². The van der Waals surface area contributed by atoms with Crippen LogP contribution in [0.15, 0.2) is 24.3 Å². The van der Waals surface area contributed by atoms with E-state index in [1.807, 2.05) is 24.1 Å². The topological polar surface area (TPSA) is 32.3 Å². The minimum Gasteiger partial charge on any atom is -0.373 e. The average molecular weight is 244 g/mol. The van der Waals surface area contributed by atoms with Crippen LogP contribution in [0.1, 0.15) is 24.8 Å². The molecule has 0 aromatic heterocycles. The van der Waals surface area contributed by atoms with Crippen molar-refractivity contribution < 1.29 is 4.79 Å². The molecule has 1 heterocycles. The first kappa shape index (κ1) is 11.6. The number of para-hydroxylation sites is 1. The van der Waals surface area contributed by atoms with E-state index in [-0.39, 0.29) is 11.9 Å². The summed E-state index contributed by atoms with van der Waals surface area (Å²) in [4.78, 5) is 14.3. The summed E-state index contributed by atoms with van der Waals surface area (Å²) in [7, 11) is 1.94. The van der Waals surface area contributed by atoms with E-state index in [0.29, 0.717) is 0 Å². The molecular weight excluding hydrogens is 224 g/mol. The van der Waals surface area contributed by atoms with Crippen molar-refractivity contribution in [1.82, 2.24) is 4.90 Å². The molecule has 3 rings (SSSR count). The maximum absolute atomic E-state index is 12.4. The van der Waals surface area contributed by atoms with Crippen LogP contribution in [-0.2, 0) is 11.2 Å². The van der Waals surface area contributed by atoms with Gasteiger partial charge < -0.3 is 10.2 Å². The number of anilines is 1. The molecular formula is C15H20N2O. The molecule has 0 saturated heterocycles. The van der Waals surface area contributed by atoms with Crippen molar-refractivity contribution in [3.63, 3.8) is 0 Å². The molecule has 1 aromatic rings. The Hall–Kier alpha value is -1.51. The van der Waals surface area contributed by atoms with Gasteiger partial charge in [0.1, 0.15) is 6.04 Å². The van der Waals surface area contributed by atoms with E-state index in [0.717, 1.165) is 24.6 Å². The van der Waals surface area contributed by atoms with Crippen molar-refractivity contribution in [3.05, 3.63) is 29.8 Å². The summed E-state index contributed by atoms with van der Waals surface area (Å²) < 4.78 is 0. The van der Waals surface area contributed by atoms with Crippen LogP contribution in [0.2, 0.25) is 0 Å². The van der Waals surface area contributed by atoms with Crippen LogP contribution in [0.25, 0.3) is 0 Å². The first-order valence-electron chi connectivity index (χ1n) is 6.83. The van der Waals surface area contributed by atoms with Gasteiger partial charge in [0.25, 0.3) is 0 Å². The molecule has 2 aliphatic rings. The molecule has 18 heavy (non-hydrogen) atoms. The predicted molar refractivity (Wildman–Crippen MR) is 72.5 cm³/mol. The number of fused-ring (bicyclic) bond motifs is 1. The van der Waals surface area contributed by atoms with Gasteiger partial charge in [-0.3, -0.25) is 4.79 Å². The van der Waals surface area contributed by atoms with Crippen LogP contribution in [-0.4, -0.2) is 30.4 Å². The second-order valence-corrected chi connectivity index (χ2v) is 5.57. The summed E-state index contributed by atoms with van der Waals surface area (Å²) in [5.74, 6) is 0.973. The molecule has 0 bridgehead atoms. The van der Waals surface area contributed by atoms with E-state index >= 15 is 0 Å².